The summed E-state index contributed by atoms with van der Waals surface area (Å²) in [4.78, 5) is 50.9. The molecule has 0 saturated heterocycles. The van der Waals surface area contributed by atoms with Gasteiger partial charge in [-0.15, -0.1) is 0 Å². The van der Waals surface area contributed by atoms with Crippen LogP contribution in [0.25, 0.3) is 0 Å². The number of hydrogen-bond acceptors (Lipinski definition) is 11. The van der Waals surface area contributed by atoms with Crippen molar-refractivity contribution < 1.29 is 33.5 Å². The van der Waals surface area contributed by atoms with Gasteiger partial charge in [-0.1, -0.05) is 12.1 Å². The molecule has 2 aromatic heterocycles. The zero-order valence-corrected chi connectivity index (χ0v) is 22.5. The van der Waals surface area contributed by atoms with Crippen LogP contribution in [0.4, 0.5) is 5.69 Å². The summed E-state index contributed by atoms with van der Waals surface area (Å²) >= 11 is 0. The Hall–Kier alpha value is -5.13. The number of non-ortho nitro benzene ring substituents is 1. The van der Waals surface area contributed by atoms with E-state index in [0.717, 1.165) is 0 Å². The van der Waals surface area contributed by atoms with Crippen molar-refractivity contribution in [2.75, 3.05) is 26.4 Å². The number of aliphatic imine (C=N–C) groups is 1. The fraction of sp³-hybridized carbons (Fsp3) is 0.276. The molecule has 1 aliphatic rings. The number of pyridine rings is 2. The Morgan fingerprint density at radius 3 is 2.15 bits per heavy atom. The minimum Gasteiger partial charge on any atom is -0.486 e. The lowest BCUT2D eigenvalue weighted by Gasteiger charge is -2.33. The fourth-order valence-corrected chi connectivity index (χ4v) is 4.40. The summed E-state index contributed by atoms with van der Waals surface area (Å²) in [6.07, 6.45) is 6.19. The van der Waals surface area contributed by atoms with Crippen LogP contribution in [-0.4, -0.2) is 59.0 Å². The molecule has 0 N–H and O–H groups in total. The largest absolute Gasteiger partial charge is 0.486 e. The molecular formula is C29H28N4O8. The number of aromatic nitrogens is 2. The predicted octanol–water partition coefficient (Wildman–Crippen LogP) is 4.08. The molecule has 0 radical (unpaired) electrons. The third-order valence-corrected chi connectivity index (χ3v) is 6.10. The Labute approximate surface area is 235 Å². The number of carbonyl (C=O) groups excluding carboxylic acids is 2. The molecule has 2 unspecified atom stereocenters. The van der Waals surface area contributed by atoms with E-state index in [9.17, 15) is 19.7 Å². The van der Waals surface area contributed by atoms with Gasteiger partial charge in [-0.25, -0.2) is 4.79 Å². The summed E-state index contributed by atoms with van der Waals surface area (Å²) in [5.74, 6) is -2.77. The molecule has 0 amide bonds. The lowest BCUT2D eigenvalue weighted by Crippen LogP contribution is -2.41. The summed E-state index contributed by atoms with van der Waals surface area (Å²) in [5, 5.41) is 11.7. The maximum Gasteiger partial charge on any atom is 0.336 e. The minimum atomic E-state index is -1.16. The monoisotopic (exact) mass is 560 g/mol. The SMILES string of the molecule is CCOC(=O)C1=C(COc2cccnc2)N=C(COc2cccnc2)C(C(=O)OCC)C1c1cccc([N+](=O)[O-])c1. The number of hydrogen-bond donors (Lipinski definition) is 0. The summed E-state index contributed by atoms with van der Waals surface area (Å²) < 4.78 is 22.6. The van der Waals surface area contributed by atoms with Crippen molar-refractivity contribution in [3.05, 3.63) is 100 Å². The molecule has 12 nitrogen and oxygen atoms in total. The maximum atomic E-state index is 13.5. The second kappa shape index (κ2) is 13.8. The number of carbonyl (C=O) groups is 2. The van der Waals surface area contributed by atoms with Crippen LogP contribution in [0.15, 0.2) is 89.6 Å². The molecule has 0 aliphatic carbocycles. The van der Waals surface area contributed by atoms with Crippen LogP contribution in [0.3, 0.4) is 0 Å². The molecule has 1 aromatic carbocycles. The standard InChI is InChI=1S/C29H28N4O8/c1-3-38-28(34)26-23(17-40-21-10-6-12-30-15-21)32-24(18-41-22-11-7-13-31-16-22)27(29(35)39-4-2)25(26)19-8-5-9-20(14-19)33(36)37/h5-16,25-26H,3-4,17-18H2,1-2H3. The number of nitro benzene ring substituents is 1. The van der Waals surface area contributed by atoms with E-state index in [0.29, 0.717) is 17.1 Å². The van der Waals surface area contributed by atoms with Crippen LogP contribution in [0, 0.1) is 16.0 Å². The highest BCUT2D eigenvalue weighted by molar-refractivity contribution is 6.08. The molecule has 0 spiro atoms. The molecular weight excluding hydrogens is 532 g/mol. The first-order valence-electron chi connectivity index (χ1n) is 12.9. The van der Waals surface area contributed by atoms with Crippen molar-refractivity contribution in [2.45, 2.75) is 19.8 Å². The van der Waals surface area contributed by atoms with Crippen molar-refractivity contribution >= 4 is 23.3 Å². The smallest absolute Gasteiger partial charge is 0.336 e. The highest BCUT2D eigenvalue weighted by Gasteiger charge is 2.45. The van der Waals surface area contributed by atoms with Crippen LogP contribution < -0.4 is 9.47 Å². The first-order chi connectivity index (χ1) is 19.9. The van der Waals surface area contributed by atoms with E-state index in [2.05, 4.69) is 15.0 Å². The first kappa shape index (κ1) is 28.9. The Morgan fingerprint density at radius 2 is 1.56 bits per heavy atom. The average Bonchev–Trinajstić information content (AvgIpc) is 2.99. The minimum absolute atomic E-state index is 0.0272. The van der Waals surface area contributed by atoms with Crippen LogP contribution in [0.1, 0.15) is 25.3 Å². The number of nitro groups is 1. The van der Waals surface area contributed by atoms with Crippen molar-refractivity contribution in [3.8, 4) is 11.5 Å². The first-order valence-corrected chi connectivity index (χ1v) is 12.9. The van der Waals surface area contributed by atoms with Gasteiger partial charge in [-0.3, -0.25) is 29.9 Å². The second-order valence-electron chi connectivity index (χ2n) is 8.70. The lowest BCUT2D eigenvalue weighted by atomic mass is 9.75. The van der Waals surface area contributed by atoms with Crippen LogP contribution in [0.5, 0.6) is 11.5 Å². The lowest BCUT2D eigenvalue weighted by molar-refractivity contribution is -0.384. The average molecular weight is 561 g/mol. The van der Waals surface area contributed by atoms with Gasteiger partial charge in [-0.2, -0.15) is 0 Å². The van der Waals surface area contributed by atoms with Gasteiger partial charge < -0.3 is 18.9 Å². The van der Waals surface area contributed by atoms with Gasteiger partial charge in [0.25, 0.3) is 5.69 Å². The molecule has 4 rings (SSSR count). The molecule has 41 heavy (non-hydrogen) atoms. The highest BCUT2D eigenvalue weighted by Crippen LogP contribution is 2.41. The zero-order valence-electron chi connectivity index (χ0n) is 22.5. The van der Waals surface area contributed by atoms with E-state index in [1.807, 2.05) is 0 Å². The van der Waals surface area contributed by atoms with E-state index < -0.39 is 28.7 Å². The van der Waals surface area contributed by atoms with E-state index in [1.165, 1.54) is 30.6 Å². The van der Waals surface area contributed by atoms with E-state index >= 15 is 0 Å². The van der Waals surface area contributed by atoms with Gasteiger partial charge in [0.05, 0.1) is 47.5 Å². The highest BCUT2D eigenvalue weighted by atomic mass is 16.6. The summed E-state index contributed by atoms with van der Waals surface area (Å²) in [5.41, 5.74) is 0.556. The normalized spacial score (nSPS) is 16.4. The van der Waals surface area contributed by atoms with Crippen molar-refractivity contribution in [2.24, 2.45) is 10.9 Å². The molecule has 1 aliphatic heterocycles. The number of esters is 2. The number of benzene rings is 1. The van der Waals surface area contributed by atoms with Gasteiger partial charge in [-0.05, 0) is 43.7 Å². The number of nitrogens with zero attached hydrogens (tertiary/aromatic N) is 4. The molecule has 0 bridgehead atoms. The van der Waals surface area contributed by atoms with Crippen LogP contribution in [0.2, 0.25) is 0 Å². The maximum absolute atomic E-state index is 13.5. The van der Waals surface area contributed by atoms with Crippen molar-refractivity contribution in [1.82, 2.24) is 9.97 Å². The Balaban J connectivity index is 1.89. The van der Waals surface area contributed by atoms with Gasteiger partial charge in [0.1, 0.15) is 30.6 Å². The summed E-state index contributed by atoms with van der Waals surface area (Å²) in [6, 6.07) is 12.5. The summed E-state index contributed by atoms with van der Waals surface area (Å²) in [6.45, 7) is 3.06. The Morgan fingerprint density at radius 1 is 0.902 bits per heavy atom. The van der Waals surface area contributed by atoms with Crippen molar-refractivity contribution in [3.63, 3.8) is 0 Å². The third kappa shape index (κ3) is 7.10. The molecule has 0 saturated carbocycles. The molecule has 3 aromatic rings. The number of rotatable bonds is 12. The van der Waals surface area contributed by atoms with Gasteiger partial charge in [0.2, 0.25) is 0 Å². The van der Waals surface area contributed by atoms with Crippen LogP contribution in [-0.2, 0) is 19.1 Å². The van der Waals surface area contributed by atoms with Crippen LogP contribution >= 0.6 is 0 Å². The number of ether oxygens (including phenoxy) is 4. The molecule has 0 fully saturated rings. The molecule has 3 heterocycles. The summed E-state index contributed by atoms with van der Waals surface area (Å²) in [7, 11) is 0. The fourth-order valence-electron chi connectivity index (χ4n) is 4.40. The van der Waals surface area contributed by atoms with E-state index in [4.69, 9.17) is 18.9 Å². The zero-order chi connectivity index (χ0) is 29.2. The second-order valence-corrected chi connectivity index (χ2v) is 8.70. The molecule has 12 heteroatoms. The van der Waals surface area contributed by atoms with Gasteiger partial charge in [0, 0.05) is 30.4 Å². The topological polar surface area (TPSA) is 152 Å². The molecule has 2 atom stereocenters. The van der Waals surface area contributed by atoms with E-state index in [-0.39, 0.29) is 49.1 Å². The van der Waals surface area contributed by atoms with Gasteiger partial charge in [0.15, 0.2) is 0 Å². The molecule has 212 valence electrons. The Kier molecular flexibility index (Phi) is 9.71. The third-order valence-electron chi connectivity index (χ3n) is 6.10. The Bertz CT molecular complexity index is 1440. The van der Waals surface area contributed by atoms with Gasteiger partial charge >= 0.3 is 11.9 Å². The predicted molar refractivity (Wildman–Crippen MR) is 147 cm³/mol. The quantitative estimate of drug-likeness (QED) is 0.180. The van der Waals surface area contributed by atoms with E-state index in [1.54, 1.807) is 56.6 Å². The van der Waals surface area contributed by atoms with Crippen molar-refractivity contribution in [1.29, 1.82) is 0 Å².